The number of morpholine rings is 1. The van der Waals surface area contributed by atoms with Crippen LogP contribution in [0.25, 0.3) is 0 Å². The molecule has 2 saturated heterocycles. The van der Waals surface area contributed by atoms with Crippen LogP contribution in [0.15, 0.2) is 24.3 Å². The molecule has 3 rings (SSSR count). The lowest BCUT2D eigenvalue weighted by Gasteiger charge is -2.43. The van der Waals surface area contributed by atoms with Crippen molar-refractivity contribution in [1.29, 1.82) is 5.26 Å². The van der Waals surface area contributed by atoms with Crippen molar-refractivity contribution in [2.75, 3.05) is 24.5 Å². The van der Waals surface area contributed by atoms with E-state index in [9.17, 15) is 9.59 Å². The number of anilines is 1. The molecule has 132 valence electrons. The molecule has 0 bridgehead atoms. The van der Waals surface area contributed by atoms with Crippen LogP contribution in [0.2, 0.25) is 0 Å². The third-order valence-electron chi connectivity index (χ3n) is 4.77. The molecule has 2 aliphatic heterocycles. The number of hydrogen-bond acceptors (Lipinski definition) is 5. The molecule has 2 aliphatic rings. The predicted molar refractivity (Wildman–Crippen MR) is 91.6 cm³/mol. The number of carbonyl (C=O) groups excluding carboxylic acids is 2. The van der Waals surface area contributed by atoms with E-state index < -0.39 is 12.0 Å². The van der Waals surface area contributed by atoms with E-state index in [1.807, 2.05) is 11.8 Å². The Morgan fingerprint density at radius 3 is 2.68 bits per heavy atom. The van der Waals surface area contributed by atoms with Gasteiger partial charge < -0.3 is 15.4 Å². The van der Waals surface area contributed by atoms with Crippen LogP contribution < -0.4 is 10.6 Å². The number of nitriles is 1. The highest BCUT2D eigenvalue weighted by Gasteiger charge is 2.39. The van der Waals surface area contributed by atoms with Gasteiger partial charge in [-0.1, -0.05) is 0 Å². The maximum absolute atomic E-state index is 13.0. The number of hydrogen-bond donors (Lipinski definition) is 1. The van der Waals surface area contributed by atoms with Crippen LogP contribution in [-0.2, 0) is 14.3 Å². The topological polar surface area (TPSA) is 99.7 Å². The summed E-state index contributed by atoms with van der Waals surface area (Å²) in [6, 6.07) is 8.83. The standard InChI is InChI=1S/C18H22N4O3/c1-12-10-21(11-16(25-12)17(20)23)15-3-2-8-22(18(15)24)14-6-4-13(9-19)5-7-14/h4-7,12,15-16H,2-3,8,10-11H2,1H3,(H2,20,23)/t12-,15+,16+/m1/s1. The fraction of sp³-hybridized carbons (Fsp3) is 0.500. The first-order valence-corrected chi connectivity index (χ1v) is 8.50. The molecular formula is C18H22N4O3. The van der Waals surface area contributed by atoms with Crippen molar-refractivity contribution in [2.45, 2.75) is 38.0 Å². The summed E-state index contributed by atoms with van der Waals surface area (Å²) in [6.45, 7) is 3.48. The zero-order chi connectivity index (χ0) is 18.0. The molecule has 1 aromatic rings. The second-order valence-electron chi connectivity index (χ2n) is 6.60. The number of benzene rings is 1. The van der Waals surface area contributed by atoms with Crippen LogP contribution in [0.3, 0.4) is 0 Å². The van der Waals surface area contributed by atoms with Gasteiger partial charge in [0.2, 0.25) is 11.8 Å². The Labute approximate surface area is 146 Å². The molecule has 0 unspecified atom stereocenters. The van der Waals surface area contributed by atoms with Gasteiger partial charge in [0.05, 0.1) is 23.8 Å². The summed E-state index contributed by atoms with van der Waals surface area (Å²) in [5.41, 5.74) is 6.75. The van der Waals surface area contributed by atoms with E-state index in [4.69, 9.17) is 15.7 Å². The zero-order valence-corrected chi connectivity index (χ0v) is 14.2. The van der Waals surface area contributed by atoms with Gasteiger partial charge in [-0.3, -0.25) is 14.5 Å². The summed E-state index contributed by atoms with van der Waals surface area (Å²) in [4.78, 5) is 28.3. The number of nitrogens with two attached hydrogens (primary N) is 1. The molecule has 25 heavy (non-hydrogen) atoms. The summed E-state index contributed by atoms with van der Waals surface area (Å²) in [6.07, 6.45) is 0.805. The molecule has 2 fully saturated rings. The molecule has 0 saturated carbocycles. The second-order valence-corrected chi connectivity index (χ2v) is 6.60. The van der Waals surface area contributed by atoms with Crippen LogP contribution in [0.5, 0.6) is 0 Å². The van der Waals surface area contributed by atoms with Crippen molar-refractivity contribution in [2.24, 2.45) is 5.73 Å². The molecule has 2 heterocycles. The third kappa shape index (κ3) is 3.65. The number of ether oxygens (including phenoxy) is 1. The van der Waals surface area contributed by atoms with Crippen molar-refractivity contribution in [3.8, 4) is 6.07 Å². The van der Waals surface area contributed by atoms with Gasteiger partial charge >= 0.3 is 0 Å². The second kappa shape index (κ2) is 7.21. The van der Waals surface area contributed by atoms with Gasteiger partial charge in [0.25, 0.3) is 0 Å². The Morgan fingerprint density at radius 2 is 2.04 bits per heavy atom. The number of piperidine rings is 1. The summed E-state index contributed by atoms with van der Waals surface area (Å²) in [5, 5.41) is 8.91. The maximum atomic E-state index is 13.0. The molecule has 2 N–H and O–H groups in total. The highest BCUT2D eigenvalue weighted by molar-refractivity contribution is 5.98. The summed E-state index contributed by atoms with van der Waals surface area (Å²) in [5.74, 6) is -0.475. The minimum Gasteiger partial charge on any atom is -0.367 e. The normalized spacial score (nSPS) is 27.8. The molecule has 7 heteroatoms. The molecule has 2 amide bonds. The Bertz CT molecular complexity index is 697. The number of carbonyl (C=O) groups is 2. The van der Waals surface area contributed by atoms with Crippen LogP contribution in [0.4, 0.5) is 5.69 Å². The van der Waals surface area contributed by atoms with E-state index in [1.165, 1.54) is 0 Å². The van der Waals surface area contributed by atoms with E-state index in [-0.39, 0.29) is 18.1 Å². The van der Waals surface area contributed by atoms with E-state index in [0.717, 1.165) is 18.5 Å². The monoisotopic (exact) mass is 342 g/mol. The van der Waals surface area contributed by atoms with Gasteiger partial charge in [-0.2, -0.15) is 5.26 Å². The van der Waals surface area contributed by atoms with Crippen LogP contribution in [-0.4, -0.2) is 54.6 Å². The number of primary amides is 1. The van der Waals surface area contributed by atoms with Gasteiger partial charge in [-0.15, -0.1) is 0 Å². The Kier molecular flexibility index (Phi) is 5.02. The first kappa shape index (κ1) is 17.4. The Hall–Kier alpha value is -2.43. The van der Waals surface area contributed by atoms with Gasteiger partial charge in [0.1, 0.15) is 6.10 Å². The minimum atomic E-state index is -0.679. The summed E-state index contributed by atoms with van der Waals surface area (Å²) in [7, 11) is 0. The highest BCUT2D eigenvalue weighted by Crippen LogP contribution is 2.26. The SMILES string of the molecule is C[C@@H]1CN([C@H]2CCCN(c3ccc(C#N)cc3)C2=O)C[C@@H](C(N)=O)O1. The molecule has 3 atom stereocenters. The lowest BCUT2D eigenvalue weighted by atomic mass is 10.00. The molecule has 1 aromatic carbocycles. The van der Waals surface area contributed by atoms with Crippen LogP contribution in [0.1, 0.15) is 25.3 Å². The molecule has 0 spiro atoms. The van der Waals surface area contributed by atoms with Crippen molar-refractivity contribution >= 4 is 17.5 Å². The fourth-order valence-corrected chi connectivity index (χ4v) is 3.56. The highest BCUT2D eigenvalue weighted by atomic mass is 16.5. The van der Waals surface area contributed by atoms with Crippen molar-refractivity contribution < 1.29 is 14.3 Å². The van der Waals surface area contributed by atoms with Crippen molar-refractivity contribution in [3.63, 3.8) is 0 Å². The van der Waals surface area contributed by atoms with Crippen LogP contribution >= 0.6 is 0 Å². The molecular weight excluding hydrogens is 320 g/mol. The van der Waals surface area contributed by atoms with Crippen molar-refractivity contribution in [1.82, 2.24) is 4.90 Å². The lowest BCUT2D eigenvalue weighted by molar-refractivity contribution is -0.148. The molecule has 0 radical (unpaired) electrons. The van der Waals surface area contributed by atoms with Crippen LogP contribution in [0, 0.1) is 11.3 Å². The van der Waals surface area contributed by atoms with E-state index in [0.29, 0.717) is 25.2 Å². The molecule has 0 aromatic heterocycles. The predicted octanol–water partition coefficient (Wildman–Crippen LogP) is 0.628. The number of amides is 2. The smallest absolute Gasteiger partial charge is 0.247 e. The summed E-state index contributed by atoms with van der Waals surface area (Å²) < 4.78 is 5.57. The maximum Gasteiger partial charge on any atom is 0.247 e. The van der Waals surface area contributed by atoms with E-state index >= 15 is 0 Å². The molecule has 0 aliphatic carbocycles. The first-order valence-electron chi connectivity index (χ1n) is 8.50. The third-order valence-corrected chi connectivity index (χ3v) is 4.77. The Morgan fingerprint density at radius 1 is 1.32 bits per heavy atom. The van der Waals surface area contributed by atoms with E-state index in [2.05, 4.69) is 6.07 Å². The average Bonchev–Trinajstić information content (AvgIpc) is 2.61. The average molecular weight is 342 g/mol. The van der Waals surface area contributed by atoms with E-state index in [1.54, 1.807) is 29.2 Å². The fourth-order valence-electron chi connectivity index (χ4n) is 3.56. The number of rotatable bonds is 3. The number of nitrogens with zero attached hydrogens (tertiary/aromatic N) is 3. The summed E-state index contributed by atoms with van der Waals surface area (Å²) >= 11 is 0. The van der Waals surface area contributed by atoms with Gasteiger partial charge in [0, 0.05) is 25.3 Å². The van der Waals surface area contributed by atoms with Gasteiger partial charge in [-0.05, 0) is 44.0 Å². The Balaban J connectivity index is 1.77. The zero-order valence-electron chi connectivity index (χ0n) is 14.2. The van der Waals surface area contributed by atoms with Gasteiger partial charge in [-0.25, -0.2) is 0 Å². The largest absolute Gasteiger partial charge is 0.367 e. The lowest BCUT2D eigenvalue weighted by Crippen LogP contribution is -2.60. The molecule has 7 nitrogen and oxygen atoms in total. The minimum absolute atomic E-state index is 0.0216. The van der Waals surface area contributed by atoms with Crippen molar-refractivity contribution in [3.05, 3.63) is 29.8 Å². The quantitative estimate of drug-likeness (QED) is 0.868. The van der Waals surface area contributed by atoms with Gasteiger partial charge in [0.15, 0.2) is 0 Å². The first-order chi connectivity index (χ1) is 12.0.